The second-order valence-electron chi connectivity index (χ2n) is 5.66. The van der Waals surface area contributed by atoms with E-state index < -0.39 is 0 Å². The highest BCUT2D eigenvalue weighted by molar-refractivity contribution is 5.39. The number of rotatable bonds is 4. The topological polar surface area (TPSA) is 38.0 Å². The lowest BCUT2D eigenvalue weighted by molar-refractivity contribution is 0.547. The first-order valence-electron chi connectivity index (χ1n) is 7.11. The van der Waals surface area contributed by atoms with E-state index in [2.05, 4.69) is 69.5 Å². The largest absolute Gasteiger partial charge is 0.271 e. The molecule has 1 atom stereocenters. The van der Waals surface area contributed by atoms with Crippen molar-refractivity contribution in [1.29, 1.82) is 0 Å². The van der Waals surface area contributed by atoms with Gasteiger partial charge < -0.3 is 0 Å². The Labute approximate surface area is 122 Å². The molecule has 2 nitrogen and oxygen atoms in total. The van der Waals surface area contributed by atoms with Crippen molar-refractivity contribution in [1.82, 2.24) is 5.43 Å². The van der Waals surface area contributed by atoms with Crippen molar-refractivity contribution in [3.8, 4) is 0 Å². The van der Waals surface area contributed by atoms with Crippen LogP contribution < -0.4 is 11.3 Å². The van der Waals surface area contributed by atoms with Crippen LogP contribution in [0.2, 0.25) is 0 Å². The molecule has 0 saturated carbocycles. The molecule has 2 aromatic rings. The van der Waals surface area contributed by atoms with Crippen LogP contribution in [0.4, 0.5) is 0 Å². The number of nitrogens with two attached hydrogens (primary N) is 1. The lowest BCUT2D eigenvalue weighted by Gasteiger charge is -2.21. The molecule has 0 aromatic heterocycles. The van der Waals surface area contributed by atoms with Crippen LogP contribution in [-0.4, -0.2) is 0 Å². The van der Waals surface area contributed by atoms with Crippen LogP contribution in [0.25, 0.3) is 0 Å². The van der Waals surface area contributed by atoms with Gasteiger partial charge in [0, 0.05) is 0 Å². The summed E-state index contributed by atoms with van der Waals surface area (Å²) in [5.74, 6) is 5.80. The lowest BCUT2D eigenvalue weighted by Crippen LogP contribution is -2.30. The highest BCUT2D eigenvalue weighted by atomic mass is 15.2. The van der Waals surface area contributed by atoms with Crippen LogP contribution in [0, 0.1) is 27.7 Å². The Morgan fingerprint density at radius 1 is 0.950 bits per heavy atom. The minimum atomic E-state index is 0.149. The summed E-state index contributed by atoms with van der Waals surface area (Å²) in [5, 5.41) is 0. The van der Waals surface area contributed by atoms with Crippen molar-refractivity contribution in [2.24, 2.45) is 5.84 Å². The third-order valence-corrected chi connectivity index (χ3v) is 4.01. The van der Waals surface area contributed by atoms with E-state index in [0.717, 1.165) is 6.42 Å². The Hall–Kier alpha value is -1.64. The number of hydrogen-bond donors (Lipinski definition) is 2. The van der Waals surface area contributed by atoms with Gasteiger partial charge in [0.1, 0.15) is 0 Å². The van der Waals surface area contributed by atoms with E-state index >= 15 is 0 Å². The van der Waals surface area contributed by atoms with Gasteiger partial charge in [0.25, 0.3) is 0 Å². The predicted octanol–water partition coefficient (Wildman–Crippen LogP) is 3.67. The second kappa shape index (κ2) is 6.21. The Morgan fingerprint density at radius 3 is 2.10 bits per heavy atom. The maximum atomic E-state index is 5.80. The summed E-state index contributed by atoms with van der Waals surface area (Å²) in [4.78, 5) is 0. The first-order chi connectivity index (χ1) is 9.52. The van der Waals surface area contributed by atoms with Gasteiger partial charge in [-0.1, -0.05) is 42.0 Å². The van der Waals surface area contributed by atoms with Gasteiger partial charge in [0.05, 0.1) is 6.04 Å². The van der Waals surface area contributed by atoms with Crippen LogP contribution in [0.5, 0.6) is 0 Å². The fourth-order valence-electron chi connectivity index (χ4n) is 2.97. The third kappa shape index (κ3) is 3.09. The third-order valence-electron chi connectivity index (χ3n) is 4.01. The molecule has 0 aliphatic rings. The molecule has 106 valence electrons. The quantitative estimate of drug-likeness (QED) is 0.656. The smallest absolute Gasteiger partial charge is 0.0503 e. The summed E-state index contributed by atoms with van der Waals surface area (Å²) < 4.78 is 0. The van der Waals surface area contributed by atoms with Gasteiger partial charge >= 0.3 is 0 Å². The molecule has 0 aliphatic heterocycles. The Bertz CT molecular complexity index is 579. The molecule has 0 aliphatic carbocycles. The van der Waals surface area contributed by atoms with Crippen LogP contribution in [-0.2, 0) is 6.42 Å². The molecule has 0 bridgehead atoms. The van der Waals surface area contributed by atoms with E-state index in [1.807, 2.05) is 0 Å². The van der Waals surface area contributed by atoms with Crippen molar-refractivity contribution >= 4 is 0 Å². The molecule has 0 heterocycles. The van der Waals surface area contributed by atoms with Gasteiger partial charge in [0.15, 0.2) is 0 Å². The Balaban J connectivity index is 2.35. The number of benzene rings is 2. The van der Waals surface area contributed by atoms with Gasteiger partial charge in [-0.05, 0) is 61.9 Å². The zero-order valence-corrected chi connectivity index (χ0v) is 12.8. The van der Waals surface area contributed by atoms with Gasteiger partial charge in [-0.2, -0.15) is 0 Å². The van der Waals surface area contributed by atoms with Crippen LogP contribution in [0.3, 0.4) is 0 Å². The number of hydrazine groups is 1. The van der Waals surface area contributed by atoms with Gasteiger partial charge in [-0.25, -0.2) is 0 Å². The molecule has 0 radical (unpaired) electrons. The van der Waals surface area contributed by atoms with E-state index in [0.29, 0.717) is 0 Å². The highest BCUT2D eigenvalue weighted by Gasteiger charge is 2.15. The molecular weight excluding hydrogens is 244 g/mol. The Kier molecular flexibility index (Phi) is 4.58. The second-order valence-corrected chi connectivity index (χ2v) is 5.66. The van der Waals surface area contributed by atoms with Crippen molar-refractivity contribution in [3.05, 3.63) is 69.8 Å². The molecule has 2 aromatic carbocycles. The van der Waals surface area contributed by atoms with Gasteiger partial charge in [0.2, 0.25) is 0 Å². The van der Waals surface area contributed by atoms with Gasteiger partial charge in [-0.15, -0.1) is 0 Å². The van der Waals surface area contributed by atoms with E-state index in [1.54, 1.807) is 0 Å². The summed E-state index contributed by atoms with van der Waals surface area (Å²) in [6.07, 6.45) is 0.916. The fourth-order valence-corrected chi connectivity index (χ4v) is 2.97. The first kappa shape index (κ1) is 14.8. The average Bonchev–Trinajstić information content (AvgIpc) is 2.39. The summed E-state index contributed by atoms with van der Waals surface area (Å²) in [7, 11) is 0. The molecule has 3 N–H and O–H groups in total. The summed E-state index contributed by atoms with van der Waals surface area (Å²) >= 11 is 0. The molecular formula is C18H24N2. The highest BCUT2D eigenvalue weighted by Crippen LogP contribution is 2.25. The molecule has 0 fully saturated rings. The van der Waals surface area contributed by atoms with E-state index in [9.17, 15) is 0 Å². The Morgan fingerprint density at radius 2 is 1.55 bits per heavy atom. The van der Waals surface area contributed by atoms with Crippen molar-refractivity contribution in [3.63, 3.8) is 0 Å². The summed E-state index contributed by atoms with van der Waals surface area (Å²) in [5.41, 5.74) is 10.9. The maximum Gasteiger partial charge on any atom is 0.0503 e. The average molecular weight is 268 g/mol. The summed E-state index contributed by atoms with van der Waals surface area (Å²) in [6, 6.07) is 13.1. The zero-order valence-electron chi connectivity index (χ0n) is 12.8. The SMILES string of the molecule is Cc1cc(C)c(CC(NN)c2ccccc2C)c(C)c1. The van der Waals surface area contributed by atoms with Gasteiger partial charge in [-0.3, -0.25) is 11.3 Å². The molecule has 2 heteroatoms. The minimum Gasteiger partial charge on any atom is -0.271 e. The number of nitrogens with one attached hydrogen (secondary N) is 1. The molecule has 2 rings (SSSR count). The molecule has 1 unspecified atom stereocenters. The molecule has 20 heavy (non-hydrogen) atoms. The summed E-state index contributed by atoms with van der Waals surface area (Å²) in [6.45, 7) is 8.64. The van der Waals surface area contributed by atoms with Crippen molar-refractivity contribution in [2.75, 3.05) is 0 Å². The normalized spacial score (nSPS) is 12.4. The fraction of sp³-hybridized carbons (Fsp3) is 0.333. The number of aryl methyl sites for hydroxylation is 4. The first-order valence-corrected chi connectivity index (χ1v) is 7.11. The van der Waals surface area contributed by atoms with Crippen LogP contribution >= 0.6 is 0 Å². The minimum absolute atomic E-state index is 0.149. The lowest BCUT2D eigenvalue weighted by atomic mass is 9.90. The van der Waals surface area contributed by atoms with Crippen molar-refractivity contribution in [2.45, 2.75) is 40.2 Å². The zero-order chi connectivity index (χ0) is 14.7. The van der Waals surface area contributed by atoms with Crippen LogP contribution in [0.15, 0.2) is 36.4 Å². The monoisotopic (exact) mass is 268 g/mol. The maximum absolute atomic E-state index is 5.80. The van der Waals surface area contributed by atoms with E-state index in [4.69, 9.17) is 5.84 Å². The van der Waals surface area contributed by atoms with Crippen LogP contribution in [0.1, 0.15) is 39.4 Å². The molecule has 0 spiro atoms. The van der Waals surface area contributed by atoms with Crippen molar-refractivity contribution < 1.29 is 0 Å². The predicted molar refractivity (Wildman–Crippen MR) is 85.6 cm³/mol. The standard InChI is InChI=1S/C18H24N2/c1-12-9-14(3)17(15(4)10-12)11-18(20-19)16-8-6-5-7-13(16)2/h5-10,18,20H,11,19H2,1-4H3. The molecule has 0 amide bonds. The number of hydrogen-bond acceptors (Lipinski definition) is 2. The molecule has 0 saturated heterocycles. The van der Waals surface area contributed by atoms with E-state index in [-0.39, 0.29) is 6.04 Å². The van der Waals surface area contributed by atoms with E-state index in [1.165, 1.54) is 33.4 Å².